The van der Waals surface area contributed by atoms with Gasteiger partial charge in [-0.15, -0.1) is 0 Å². The highest BCUT2D eigenvalue weighted by Gasteiger charge is 1.70. The lowest BCUT2D eigenvalue weighted by Gasteiger charge is -1.87. The average molecular weight is 114 g/mol. The van der Waals surface area contributed by atoms with E-state index in [1.54, 1.807) is 0 Å². The Balaban J connectivity index is 2.83. The van der Waals surface area contributed by atoms with E-state index in [1.165, 1.54) is 0 Å². The van der Waals surface area contributed by atoms with Crippen molar-refractivity contribution in [3.05, 3.63) is 26.4 Å². The first kappa shape index (κ1) is 7.66. The Bertz CT molecular complexity index is 51.5. The van der Waals surface area contributed by atoms with Crippen LogP contribution in [0.5, 0.6) is 0 Å². The molecule has 0 aliphatic carbocycles. The van der Waals surface area contributed by atoms with Gasteiger partial charge in [0, 0.05) is 0 Å². The molecule has 0 rings (SSSR count). The molecule has 2 heteroatoms. The summed E-state index contributed by atoms with van der Waals surface area (Å²) in [5.41, 5.74) is 0. The zero-order valence-electron chi connectivity index (χ0n) is 4.80. The molecule has 0 aromatic carbocycles. The molecule has 0 saturated heterocycles. The molecule has 0 N–H and O–H groups in total. The highest BCUT2D eigenvalue weighted by Crippen LogP contribution is 1.75. The van der Waals surface area contributed by atoms with Crippen LogP contribution in [0.2, 0.25) is 0 Å². The van der Waals surface area contributed by atoms with Gasteiger partial charge in [-0.3, -0.25) is 0 Å². The molecule has 2 nitrogen and oxygen atoms in total. The van der Waals surface area contributed by atoms with Gasteiger partial charge in [-0.2, -0.15) is 0 Å². The van der Waals surface area contributed by atoms with Gasteiger partial charge < -0.3 is 9.47 Å². The molecule has 0 atom stereocenters. The van der Waals surface area contributed by atoms with Crippen LogP contribution in [0, 0.1) is 14.2 Å². The Hall–Kier alpha value is -0.340. The highest BCUT2D eigenvalue weighted by atomic mass is 16.5. The summed E-state index contributed by atoms with van der Waals surface area (Å²) in [4.78, 5) is 0. The average Bonchev–Trinajstić information content (AvgIpc) is 1.81. The van der Waals surface area contributed by atoms with Crippen LogP contribution in [0.25, 0.3) is 0 Å². The van der Waals surface area contributed by atoms with Gasteiger partial charge in [0.2, 0.25) is 0 Å². The van der Waals surface area contributed by atoms with E-state index < -0.39 is 0 Å². The molecule has 0 fully saturated rings. The number of rotatable bonds is 4. The van der Waals surface area contributed by atoms with Crippen LogP contribution in [0.3, 0.4) is 0 Å². The summed E-state index contributed by atoms with van der Waals surface area (Å²) in [7, 11) is 6.35. The highest BCUT2D eigenvalue weighted by molar-refractivity contribution is 4.80. The standard InChI is InChI=1S/C6H10O2/c1-7-5-3-4-6-8-2/h3-4H,1-2,5-6H2. The summed E-state index contributed by atoms with van der Waals surface area (Å²) in [6.07, 6.45) is 3.64. The number of ether oxygens (including phenoxy) is 2. The first-order valence-electron chi connectivity index (χ1n) is 2.30. The summed E-state index contributed by atoms with van der Waals surface area (Å²) in [5.74, 6) is 0. The molecule has 8 heavy (non-hydrogen) atoms. The van der Waals surface area contributed by atoms with E-state index in [1.807, 2.05) is 12.2 Å². The quantitative estimate of drug-likeness (QED) is 0.510. The molecule has 0 aromatic rings. The molecule has 0 amide bonds. The van der Waals surface area contributed by atoms with Gasteiger partial charge in [0.15, 0.2) is 0 Å². The molecule has 46 valence electrons. The zero-order chi connectivity index (χ0) is 6.24. The smallest absolute Gasteiger partial charge is 0.0704 e. The maximum absolute atomic E-state index is 4.48. The predicted octanol–water partition coefficient (Wildman–Crippen LogP) is 1.16. The third-order valence-corrected chi connectivity index (χ3v) is 0.595. The molecule has 2 radical (unpaired) electrons. The lowest BCUT2D eigenvalue weighted by Crippen LogP contribution is -1.81. The van der Waals surface area contributed by atoms with Crippen LogP contribution in [0.1, 0.15) is 0 Å². The largest absolute Gasteiger partial charge is 0.375 e. The van der Waals surface area contributed by atoms with E-state index >= 15 is 0 Å². The van der Waals surface area contributed by atoms with Crippen LogP contribution in [0.4, 0.5) is 0 Å². The van der Waals surface area contributed by atoms with Crippen molar-refractivity contribution in [1.29, 1.82) is 0 Å². The Labute approximate surface area is 50.1 Å². The minimum absolute atomic E-state index is 0.531. The lowest BCUT2D eigenvalue weighted by atomic mass is 10.5. The molecule has 0 aromatic heterocycles. The molecular formula is C6H10O2. The van der Waals surface area contributed by atoms with Crippen LogP contribution >= 0.6 is 0 Å². The first-order valence-corrected chi connectivity index (χ1v) is 2.30. The Morgan fingerprint density at radius 2 is 1.38 bits per heavy atom. The van der Waals surface area contributed by atoms with Crippen molar-refractivity contribution in [2.75, 3.05) is 13.2 Å². The number of hydrogen-bond donors (Lipinski definition) is 0. The van der Waals surface area contributed by atoms with Gasteiger partial charge in [0.25, 0.3) is 0 Å². The fraction of sp³-hybridized carbons (Fsp3) is 0.333. The number of hydrogen-bond acceptors (Lipinski definition) is 2. The van der Waals surface area contributed by atoms with Gasteiger partial charge in [-0.1, -0.05) is 12.2 Å². The Kier molecular flexibility index (Phi) is 6.38. The topological polar surface area (TPSA) is 18.5 Å². The Morgan fingerprint density at radius 1 is 1.00 bits per heavy atom. The SMILES string of the molecule is [CH2]OCC=CCO[CH2]. The molecule has 0 spiro atoms. The predicted molar refractivity (Wildman–Crippen MR) is 31.8 cm³/mol. The molecule has 0 bridgehead atoms. The minimum atomic E-state index is 0.531. The fourth-order valence-electron chi connectivity index (χ4n) is 0.272. The van der Waals surface area contributed by atoms with Gasteiger partial charge in [0.05, 0.1) is 27.4 Å². The fourth-order valence-corrected chi connectivity index (χ4v) is 0.272. The second kappa shape index (κ2) is 6.66. The monoisotopic (exact) mass is 114 g/mol. The molecule has 0 aliphatic heterocycles. The van der Waals surface area contributed by atoms with Gasteiger partial charge in [-0.05, 0) is 0 Å². The van der Waals surface area contributed by atoms with Crippen molar-refractivity contribution in [2.45, 2.75) is 0 Å². The van der Waals surface area contributed by atoms with Gasteiger partial charge in [0.1, 0.15) is 0 Å². The van der Waals surface area contributed by atoms with E-state index in [9.17, 15) is 0 Å². The summed E-state index contributed by atoms with van der Waals surface area (Å²) >= 11 is 0. The lowest BCUT2D eigenvalue weighted by molar-refractivity contribution is 0.270. The second-order valence-electron chi connectivity index (χ2n) is 1.21. The molecule has 0 heterocycles. The summed E-state index contributed by atoms with van der Waals surface area (Å²) in [6.45, 7) is 1.06. The maximum Gasteiger partial charge on any atom is 0.0704 e. The summed E-state index contributed by atoms with van der Waals surface area (Å²) in [5, 5.41) is 0. The van der Waals surface area contributed by atoms with Crippen LogP contribution in [0.15, 0.2) is 12.2 Å². The van der Waals surface area contributed by atoms with E-state index in [4.69, 9.17) is 0 Å². The molecule has 0 aliphatic rings. The normalized spacial score (nSPS) is 10.8. The van der Waals surface area contributed by atoms with Crippen molar-refractivity contribution in [3.63, 3.8) is 0 Å². The van der Waals surface area contributed by atoms with Crippen molar-refractivity contribution >= 4 is 0 Å². The molecule has 0 unspecified atom stereocenters. The van der Waals surface area contributed by atoms with Gasteiger partial charge in [-0.25, -0.2) is 0 Å². The van der Waals surface area contributed by atoms with Crippen molar-refractivity contribution in [1.82, 2.24) is 0 Å². The third-order valence-electron chi connectivity index (χ3n) is 0.595. The maximum atomic E-state index is 4.48. The Morgan fingerprint density at radius 3 is 1.62 bits per heavy atom. The van der Waals surface area contributed by atoms with Crippen LogP contribution in [-0.4, -0.2) is 13.2 Å². The van der Waals surface area contributed by atoms with Crippen molar-refractivity contribution < 1.29 is 9.47 Å². The minimum Gasteiger partial charge on any atom is -0.375 e. The van der Waals surface area contributed by atoms with Crippen LogP contribution in [-0.2, 0) is 9.47 Å². The van der Waals surface area contributed by atoms with Crippen molar-refractivity contribution in [3.8, 4) is 0 Å². The summed E-state index contributed by atoms with van der Waals surface area (Å²) < 4.78 is 8.95. The van der Waals surface area contributed by atoms with E-state index in [-0.39, 0.29) is 0 Å². The third kappa shape index (κ3) is 5.66. The van der Waals surface area contributed by atoms with Crippen molar-refractivity contribution in [2.24, 2.45) is 0 Å². The van der Waals surface area contributed by atoms with Crippen LogP contribution < -0.4 is 0 Å². The van der Waals surface area contributed by atoms with Gasteiger partial charge >= 0.3 is 0 Å². The zero-order valence-corrected chi connectivity index (χ0v) is 4.80. The molecule has 0 saturated carbocycles. The second-order valence-corrected chi connectivity index (χ2v) is 1.21. The van der Waals surface area contributed by atoms with E-state index in [0.29, 0.717) is 13.2 Å². The van der Waals surface area contributed by atoms with E-state index in [2.05, 4.69) is 23.7 Å². The van der Waals surface area contributed by atoms with E-state index in [0.717, 1.165) is 0 Å². The summed E-state index contributed by atoms with van der Waals surface area (Å²) in [6, 6.07) is 0. The molecular weight excluding hydrogens is 104 g/mol. The first-order chi connectivity index (χ1) is 3.91.